The van der Waals surface area contributed by atoms with E-state index in [1.165, 1.54) is 18.6 Å². The van der Waals surface area contributed by atoms with E-state index in [9.17, 15) is 18.0 Å². The van der Waals surface area contributed by atoms with Gasteiger partial charge in [-0.2, -0.15) is 8.42 Å². The average Bonchev–Trinajstić information content (AvgIpc) is 2.47. The van der Waals surface area contributed by atoms with Gasteiger partial charge in [-0.25, -0.2) is 9.78 Å². The molecule has 122 valence electrons. The summed E-state index contributed by atoms with van der Waals surface area (Å²) in [4.78, 5) is 27.5. The zero-order valence-electron chi connectivity index (χ0n) is 11.3. The predicted molar refractivity (Wildman–Crippen MR) is 75.4 cm³/mol. The average molecular weight is 341 g/mol. The first-order valence-corrected chi connectivity index (χ1v) is 7.16. The largest absolute Gasteiger partial charge is 0.507 e. The van der Waals surface area contributed by atoms with E-state index in [1.54, 1.807) is 0 Å². The molecule has 0 saturated heterocycles. The summed E-state index contributed by atoms with van der Waals surface area (Å²) in [5, 5.41) is 17.5. The molecule has 0 radical (unpaired) electrons. The highest BCUT2D eigenvalue weighted by Crippen LogP contribution is 2.20. The van der Waals surface area contributed by atoms with E-state index < -0.39 is 38.2 Å². The van der Waals surface area contributed by atoms with Gasteiger partial charge in [-0.1, -0.05) is 0 Å². The summed E-state index contributed by atoms with van der Waals surface area (Å²) in [6, 6.07) is 2.46. The van der Waals surface area contributed by atoms with Crippen LogP contribution in [-0.4, -0.2) is 45.0 Å². The summed E-state index contributed by atoms with van der Waals surface area (Å²) in [6.07, 6.45) is 4.22. The Bertz CT molecular complexity index is 822. The molecule has 10 nitrogen and oxygen atoms in total. The van der Waals surface area contributed by atoms with Crippen molar-refractivity contribution in [3.05, 3.63) is 48.0 Å². The number of carboxylic acid groups (broad SMARTS) is 1. The van der Waals surface area contributed by atoms with E-state index in [2.05, 4.69) is 9.97 Å². The van der Waals surface area contributed by atoms with Crippen LogP contribution in [0.1, 0.15) is 20.8 Å². The zero-order chi connectivity index (χ0) is 17.6. The van der Waals surface area contributed by atoms with Crippen LogP contribution in [0, 0.1) is 0 Å². The Hall–Kier alpha value is -3.05. The summed E-state index contributed by atoms with van der Waals surface area (Å²) < 4.78 is 29.8. The number of carbonyl (C=O) groups is 2. The number of carboxylic acids is 1. The number of phenols is 1. The van der Waals surface area contributed by atoms with Crippen LogP contribution < -0.4 is 5.73 Å². The predicted octanol–water partition coefficient (Wildman–Crippen LogP) is -0.0874. The molecule has 5 N–H and O–H groups in total. The second-order valence-corrected chi connectivity index (χ2v) is 5.34. The van der Waals surface area contributed by atoms with Crippen LogP contribution in [0.5, 0.6) is 5.75 Å². The van der Waals surface area contributed by atoms with Crippen LogP contribution in [0.4, 0.5) is 0 Å². The number of nitrogens with two attached hydrogens (primary N) is 1. The minimum atomic E-state index is -4.45. The van der Waals surface area contributed by atoms with Crippen LogP contribution in [0.2, 0.25) is 0 Å². The third kappa shape index (κ3) is 5.33. The van der Waals surface area contributed by atoms with Crippen molar-refractivity contribution >= 4 is 22.0 Å². The van der Waals surface area contributed by atoms with Crippen LogP contribution in [0.15, 0.2) is 41.7 Å². The molecule has 0 aliphatic heterocycles. The molecule has 2 rings (SSSR count). The molecular formula is C12H11N3O7S. The molecule has 0 unspecified atom stereocenters. The number of aromatic nitrogens is 2. The third-order valence-corrected chi connectivity index (χ3v) is 3.16. The van der Waals surface area contributed by atoms with Gasteiger partial charge in [0.15, 0.2) is 0 Å². The first-order valence-electron chi connectivity index (χ1n) is 5.72. The number of hydrogen-bond acceptors (Lipinski definition) is 7. The highest BCUT2D eigenvalue weighted by Gasteiger charge is 2.16. The van der Waals surface area contributed by atoms with E-state index in [-0.39, 0.29) is 5.69 Å². The van der Waals surface area contributed by atoms with Crippen LogP contribution in [0.3, 0.4) is 0 Å². The molecule has 1 aromatic carbocycles. The lowest BCUT2D eigenvalue weighted by molar-refractivity contribution is 0.0693. The Morgan fingerprint density at radius 1 is 1.17 bits per heavy atom. The number of rotatable bonds is 3. The fourth-order valence-corrected chi connectivity index (χ4v) is 1.78. The lowest BCUT2D eigenvalue weighted by Gasteiger charge is -2.01. The first-order chi connectivity index (χ1) is 10.6. The molecule has 1 amide bonds. The molecule has 0 fully saturated rings. The van der Waals surface area contributed by atoms with Crippen molar-refractivity contribution in [1.29, 1.82) is 0 Å². The van der Waals surface area contributed by atoms with E-state index in [0.717, 1.165) is 12.1 Å². The van der Waals surface area contributed by atoms with E-state index in [0.29, 0.717) is 6.07 Å². The second kappa shape index (κ2) is 7.29. The normalized spacial score (nSPS) is 10.3. The molecule has 0 spiro atoms. The number of amides is 1. The maximum absolute atomic E-state index is 10.6. The zero-order valence-corrected chi connectivity index (χ0v) is 12.1. The van der Waals surface area contributed by atoms with Crippen LogP contribution in [-0.2, 0) is 10.1 Å². The Labute approximate surface area is 130 Å². The fraction of sp³-hybridized carbons (Fsp3) is 0. The van der Waals surface area contributed by atoms with Gasteiger partial charge in [0.25, 0.3) is 16.0 Å². The molecule has 23 heavy (non-hydrogen) atoms. The van der Waals surface area contributed by atoms with Gasteiger partial charge in [-0.05, 0) is 18.2 Å². The van der Waals surface area contributed by atoms with E-state index in [1.807, 2.05) is 0 Å². The van der Waals surface area contributed by atoms with Crippen molar-refractivity contribution in [3.8, 4) is 5.75 Å². The minimum absolute atomic E-state index is 0.192. The fourth-order valence-electron chi connectivity index (χ4n) is 1.27. The van der Waals surface area contributed by atoms with Gasteiger partial charge >= 0.3 is 5.97 Å². The summed E-state index contributed by atoms with van der Waals surface area (Å²) in [5.41, 5.74) is 4.48. The highest BCUT2D eigenvalue weighted by atomic mass is 32.2. The number of aromatic carboxylic acids is 1. The Morgan fingerprint density at radius 2 is 1.83 bits per heavy atom. The van der Waals surface area contributed by atoms with Gasteiger partial charge in [0.2, 0.25) is 0 Å². The smallest absolute Gasteiger partial charge is 0.339 e. The lowest BCUT2D eigenvalue weighted by atomic mass is 10.2. The molecule has 0 aliphatic carbocycles. The number of primary amides is 1. The Morgan fingerprint density at radius 3 is 2.22 bits per heavy atom. The number of hydrogen-bond donors (Lipinski definition) is 4. The number of aromatic hydroxyl groups is 1. The maximum Gasteiger partial charge on any atom is 0.339 e. The van der Waals surface area contributed by atoms with Crippen molar-refractivity contribution in [2.75, 3.05) is 0 Å². The van der Waals surface area contributed by atoms with E-state index in [4.69, 9.17) is 20.5 Å². The second-order valence-electron chi connectivity index (χ2n) is 3.91. The minimum Gasteiger partial charge on any atom is -0.507 e. The Kier molecular flexibility index (Phi) is 5.70. The third-order valence-electron chi connectivity index (χ3n) is 2.31. The molecule has 1 aromatic heterocycles. The van der Waals surface area contributed by atoms with Gasteiger partial charge in [0.1, 0.15) is 17.0 Å². The van der Waals surface area contributed by atoms with Crippen molar-refractivity contribution in [3.63, 3.8) is 0 Å². The van der Waals surface area contributed by atoms with Gasteiger partial charge in [0.05, 0.1) is 11.1 Å². The topological polar surface area (TPSA) is 181 Å². The van der Waals surface area contributed by atoms with Crippen molar-refractivity contribution in [1.82, 2.24) is 9.97 Å². The number of benzene rings is 1. The monoisotopic (exact) mass is 341 g/mol. The summed E-state index contributed by atoms with van der Waals surface area (Å²) >= 11 is 0. The van der Waals surface area contributed by atoms with Crippen LogP contribution >= 0.6 is 0 Å². The lowest BCUT2D eigenvalue weighted by Crippen LogP contribution is -2.12. The maximum atomic E-state index is 10.6. The molecule has 0 atom stereocenters. The van der Waals surface area contributed by atoms with Gasteiger partial charge in [-0.3, -0.25) is 14.3 Å². The highest BCUT2D eigenvalue weighted by molar-refractivity contribution is 7.85. The van der Waals surface area contributed by atoms with Crippen molar-refractivity contribution in [2.24, 2.45) is 5.73 Å². The first kappa shape index (κ1) is 18.0. The molecular weight excluding hydrogens is 330 g/mol. The van der Waals surface area contributed by atoms with Crippen LogP contribution in [0.25, 0.3) is 0 Å². The molecule has 0 aliphatic rings. The molecule has 0 bridgehead atoms. The van der Waals surface area contributed by atoms with Crippen molar-refractivity contribution < 1.29 is 32.8 Å². The summed E-state index contributed by atoms with van der Waals surface area (Å²) in [6.45, 7) is 0. The van der Waals surface area contributed by atoms with E-state index >= 15 is 0 Å². The number of nitrogens with zero attached hydrogens (tertiary/aromatic N) is 2. The quantitative estimate of drug-likeness (QED) is 0.554. The molecule has 11 heteroatoms. The number of carbonyl (C=O) groups excluding carboxylic acids is 1. The SMILES string of the molecule is NC(=O)c1cnccn1.O=C(O)c1cc(S(=O)(=O)O)ccc1O. The summed E-state index contributed by atoms with van der Waals surface area (Å²) in [5.74, 6) is -2.60. The standard InChI is InChI=1S/C7H6O6S.C5H5N3O/c8-6-2-1-4(14(11,12)13)3-5(6)7(9)10;6-5(9)4-3-7-1-2-8-4/h1-3,8H,(H,9,10)(H,11,12,13);1-3H,(H2,6,9). The van der Waals surface area contributed by atoms with Gasteiger partial charge < -0.3 is 15.9 Å². The molecule has 0 saturated carbocycles. The molecule has 1 heterocycles. The Balaban J connectivity index is 0.000000253. The van der Waals surface area contributed by atoms with Crippen molar-refractivity contribution in [2.45, 2.75) is 4.90 Å². The molecule has 2 aromatic rings. The van der Waals surface area contributed by atoms with Gasteiger partial charge in [-0.15, -0.1) is 0 Å². The van der Waals surface area contributed by atoms with Gasteiger partial charge in [0, 0.05) is 12.4 Å². The summed E-state index contributed by atoms with van der Waals surface area (Å²) in [7, 11) is -4.45.